The Morgan fingerprint density at radius 1 is 1.13 bits per heavy atom. The molecule has 0 saturated heterocycles. The number of benzene rings is 2. The molecule has 1 N–H and O–H groups in total. The van der Waals surface area contributed by atoms with E-state index < -0.39 is 10.0 Å². The molecule has 1 aromatic heterocycles. The number of tetrazole rings is 1. The van der Waals surface area contributed by atoms with Crippen molar-refractivity contribution < 1.29 is 8.42 Å². The zero-order chi connectivity index (χ0) is 16.4. The predicted octanol–water partition coefficient (Wildman–Crippen LogP) is 2.42. The van der Waals surface area contributed by atoms with Crippen LogP contribution in [0.25, 0.3) is 5.69 Å². The molecule has 0 aliphatic heterocycles. The zero-order valence-electron chi connectivity index (χ0n) is 12.0. The van der Waals surface area contributed by atoms with Crippen LogP contribution in [0.3, 0.4) is 0 Å². The molecular weight excluding hydrogens is 338 g/mol. The summed E-state index contributed by atoms with van der Waals surface area (Å²) in [6.45, 7) is 1.84. The third-order valence-corrected chi connectivity index (χ3v) is 4.97. The second-order valence-electron chi connectivity index (χ2n) is 4.84. The minimum Gasteiger partial charge on any atom is -0.280 e. The fourth-order valence-electron chi connectivity index (χ4n) is 2.00. The topological polar surface area (TPSA) is 89.8 Å². The maximum Gasteiger partial charge on any atom is 0.263 e. The molecule has 3 rings (SSSR count). The minimum atomic E-state index is -3.76. The summed E-state index contributed by atoms with van der Waals surface area (Å²) < 4.78 is 28.8. The van der Waals surface area contributed by atoms with Gasteiger partial charge in [-0.25, -0.2) is 13.1 Å². The number of nitrogens with zero attached hydrogens (tertiary/aromatic N) is 4. The van der Waals surface area contributed by atoms with Crippen molar-refractivity contribution in [3.63, 3.8) is 0 Å². The first-order valence-electron chi connectivity index (χ1n) is 6.58. The van der Waals surface area contributed by atoms with Gasteiger partial charge in [0.1, 0.15) is 11.2 Å². The molecule has 0 unspecified atom stereocenters. The number of aryl methyl sites for hydroxylation is 1. The highest BCUT2D eigenvalue weighted by Crippen LogP contribution is 2.25. The summed E-state index contributed by atoms with van der Waals surface area (Å²) in [5.74, 6) is 0. The third kappa shape index (κ3) is 3.33. The summed E-state index contributed by atoms with van der Waals surface area (Å²) in [5.41, 5.74) is 2.02. The molecule has 7 nitrogen and oxygen atoms in total. The molecule has 0 aliphatic rings. The number of aromatic nitrogens is 4. The van der Waals surface area contributed by atoms with E-state index in [9.17, 15) is 8.42 Å². The Bertz CT molecular complexity index is 924. The number of sulfonamides is 1. The third-order valence-electron chi connectivity index (χ3n) is 3.11. The van der Waals surface area contributed by atoms with Crippen LogP contribution in [0.5, 0.6) is 0 Å². The van der Waals surface area contributed by atoms with Crippen LogP contribution in [-0.2, 0) is 10.0 Å². The van der Waals surface area contributed by atoms with Gasteiger partial charge in [0.2, 0.25) is 0 Å². The Kier molecular flexibility index (Phi) is 4.01. The van der Waals surface area contributed by atoms with Crippen LogP contribution in [0.2, 0.25) is 5.02 Å². The van der Waals surface area contributed by atoms with Gasteiger partial charge >= 0.3 is 0 Å². The Labute approximate surface area is 138 Å². The molecule has 0 spiro atoms. The van der Waals surface area contributed by atoms with Crippen LogP contribution in [0.4, 0.5) is 5.69 Å². The van der Waals surface area contributed by atoms with E-state index in [1.54, 1.807) is 36.4 Å². The summed E-state index contributed by atoms with van der Waals surface area (Å²) >= 11 is 6.03. The van der Waals surface area contributed by atoms with E-state index in [-0.39, 0.29) is 9.92 Å². The number of anilines is 1. The lowest BCUT2D eigenvalue weighted by atomic mass is 10.2. The first kappa shape index (κ1) is 15.4. The molecule has 1 heterocycles. The Morgan fingerprint density at radius 2 is 1.87 bits per heavy atom. The molecule has 23 heavy (non-hydrogen) atoms. The lowest BCUT2D eigenvalue weighted by molar-refractivity contribution is 0.601. The van der Waals surface area contributed by atoms with Gasteiger partial charge in [-0.15, -0.1) is 5.10 Å². The van der Waals surface area contributed by atoms with Crippen LogP contribution in [0.1, 0.15) is 5.56 Å². The molecule has 9 heteroatoms. The van der Waals surface area contributed by atoms with Gasteiger partial charge in [0, 0.05) is 5.69 Å². The first-order chi connectivity index (χ1) is 11.0. The maximum absolute atomic E-state index is 12.4. The monoisotopic (exact) mass is 349 g/mol. The summed E-state index contributed by atoms with van der Waals surface area (Å²) in [5, 5.41) is 11.0. The Hall–Kier alpha value is -2.45. The van der Waals surface area contributed by atoms with Gasteiger partial charge in [0.05, 0.1) is 10.7 Å². The fourth-order valence-corrected chi connectivity index (χ4v) is 3.65. The normalized spacial score (nSPS) is 11.4. The van der Waals surface area contributed by atoms with E-state index in [2.05, 4.69) is 20.2 Å². The summed E-state index contributed by atoms with van der Waals surface area (Å²) in [7, 11) is -3.76. The van der Waals surface area contributed by atoms with Gasteiger partial charge in [-0.2, -0.15) is 0 Å². The summed E-state index contributed by atoms with van der Waals surface area (Å²) in [6.07, 6.45) is 1.45. The SMILES string of the molecule is Cc1ccc(S(=O)(=O)Nc2ccc(-n3cnnn3)cc2)c(Cl)c1. The molecular formula is C14H12ClN5O2S. The van der Waals surface area contributed by atoms with Crippen LogP contribution >= 0.6 is 11.6 Å². The van der Waals surface area contributed by atoms with Crippen molar-refractivity contribution in [1.82, 2.24) is 20.2 Å². The van der Waals surface area contributed by atoms with Crippen molar-refractivity contribution in [1.29, 1.82) is 0 Å². The summed E-state index contributed by atoms with van der Waals surface area (Å²) in [6, 6.07) is 11.4. The maximum atomic E-state index is 12.4. The smallest absolute Gasteiger partial charge is 0.263 e. The van der Waals surface area contributed by atoms with E-state index in [0.29, 0.717) is 11.4 Å². The van der Waals surface area contributed by atoms with Gasteiger partial charge < -0.3 is 0 Å². The van der Waals surface area contributed by atoms with Crippen LogP contribution in [-0.4, -0.2) is 28.6 Å². The van der Waals surface area contributed by atoms with Crippen molar-refractivity contribution in [2.24, 2.45) is 0 Å². The minimum absolute atomic E-state index is 0.0364. The largest absolute Gasteiger partial charge is 0.280 e. The quantitative estimate of drug-likeness (QED) is 0.781. The van der Waals surface area contributed by atoms with Crippen molar-refractivity contribution in [3.8, 4) is 5.69 Å². The number of rotatable bonds is 4. The summed E-state index contributed by atoms with van der Waals surface area (Å²) in [4.78, 5) is 0.0364. The van der Waals surface area contributed by atoms with Gasteiger partial charge in [-0.1, -0.05) is 17.7 Å². The Morgan fingerprint density at radius 3 is 2.48 bits per heavy atom. The number of hydrogen-bond acceptors (Lipinski definition) is 5. The molecule has 0 radical (unpaired) electrons. The average molecular weight is 350 g/mol. The van der Waals surface area contributed by atoms with Gasteiger partial charge in [0.15, 0.2) is 0 Å². The fraction of sp³-hybridized carbons (Fsp3) is 0.0714. The van der Waals surface area contributed by atoms with E-state index in [4.69, 9.17) is 11.6 Å². The average Bonchev–Trinajstić information content (AvgIpc) is 3.01. The van der Waals surface area contributed by atoms with Crippen LogP contribution < -0.4 is 4.72 Å². The number of halogens is 1. The number of hydrogen-bond donors (Lipinski definition) is 1. The lowest BCUT2D eigenvalue weighted by Gasteiger charge is -2.10. The highest BCUT2D eigenvalue weighted by atomic mass is 35.5. The van der Waals surface area contributed by atoms with Gasteiger partial charge in [-0.3, -0.25) is 4.72 Å². The highest BCUT2D eigenvalue weighted by molar-refractivity contribution is 7.92. The van der Waals surface area contributed by atoms with Crippen molar-refractivity contribution >= 4 is 27.3 Å². The second-order valence-corrected chi connectivity index (χ2v) is 6.90. The second kappa shape index (κ2) is 5.98. The van der Waals surface area contributed by atoms with Crippen LogP contribution in [0, 0.1) is 6.92 Å². The molecule has 0 amide bonds. The molecule has 0 fully saturated rings. The molecule has 2 aromatic carbocycles. The molecule has 0 atom stereocenters. The Balaban J connectivity index is 1.86. The van der Waals surface area contributed by atoms with Gasteiger partial charge in [-0.05, 0) is 59.3 Å². The highest BCUT2D eigenvalue weighted by Gasteiger charge is 2.18. The number of nitrogens with one attached hydrogen (secondary N) is 1. The molecule has 0 bridgehead atoms. The van der Waals surface area contributed by atoms with Crippen molar-refractivity contribution in [2.45, 2.75) is 11.8 Å². The first-order valence-corrected chi connectivity index (χ1v) is 8.44. The predicted molar refractivity (Wildman–Crippen MR) is 86.2 cm³/mol. The zero-order valence-corrected chi connectivity index (χ0v) is 13.6. The van der Waals surface area contributed by atoms with E-state index in [0.717, 1.165) is 5.56 Å². The molecule has 0 aliphatic carbocycles. The van der Waals surface area contributed by atoms with Gasteiger partial charge in [0.25, 0.3) is 10.0 Å². The van der Waals surface area contributed by atoms with E-state index in [1.165, 1.54) is 17.1 Å². The van der Waals surface area contributed by atoms with E-state index >= 15 is 0 Å². The standard InChI is InChI=1S/C14H12ClN5O2S/c1-10-2-7-14(13(15)8-10)23(21,22)17-11-3-5-12(6-4-11)20-9-16-18-19-20/h2-9,17H,1H3. The molecule has 0 saturated carbocycles. The molecule has 118 valence electrons. The van der Waals surface area contributed by atoms with Crippen molar-refractivity contribution in [3.05, 3.63) is 59.4 Å². The van der Waals surface area contributed by atoms with E-state index in [1.807, 2.05) is 6.92 Å². The molecule has 3 aromatic rings. The van der Waals surface area contributed by atoms with Crippen LogP contribution in [0.15, 0.2) is 53.7 Å². The van der Waals surface area contributed by atoms with Crippen molar-refractivity contribution in [2.75, 3.05) is 4.72 Å². The lowest BCUT2D eigenvalue weighted by Crippen LogP contribution is -2.13.